The van der Waals surface area contributed by atoms with Gasteiger partial charge in [-0.2, -0.15) is 5.10 Å². The average molecular weight is 386 g/mol. The SMILES string of the molecule is CCN1CCCC1CNC(=O)c1cc2c(C)nn(-c3ccc(F)cc3)c2s1. The Bertz CT molecular complexity index is 962. The monoisotopic (exact) mass is 386 g/mol. The van der Waals surface area contributed by atoms with Gasteiger partial charge in [-0.15, -0.1) is 11.3 Å². The highest BCUT2D eigenvalue weighted by Crippen LogP contribution is 2.30. The molecule has 142 valence electrons. The van der Waals surface area contributed by atoms with Gasteiger partial charge in [0.05, 0.1) is 16.3 Å². The van der Waals surface area contributed by atoms with E-state index < -0.39 is 0 Å². The van der Waals surface area contributed by atoms with Crippen LogP contribution in [0.4, 0.5) is 4.39 Å². The van der Waals surface area contributed by atoms with E-state index in [-0.39, 0.29) is 11.7 Å². The van der Waals surface area contributed by atoms with E-state index in [1.807, 2.05) is 13.0 Å². The molecule has 3 aromatic rings. The van der Waals surface area contributed by atoms with Crippen molar-refractivity contribution in [2.45, 2.75) is 32.7 Å². The lowest BCUT2D eigenvalue weighted by molar-refractivity contribution is 0.0945. The summed E-state index contributed by atoms with van der Waals surface area (Å²) in [5, 5.41) is 8.60. The predicted octanol–water partition coefficient (Wildman–Crippen LogP) is 3.75. The highest BCUT2D eigenvalue weighted by atomic mass is 32.1. The van der Waals surface area contributed by atoms with Gasteiger partial charge in [0.15, 0.2) is 0 Å². The van der Waals surface area contributed by atoms with Gasteiger partial charge in [-0.05, 0) is 63.2 Å². The molecule has 0 saturated carbocycles. The molecule has 1 aliphatic rings. The van der Waals surface area contributed by atoms with Gasteiger partial charge in [-0.25, -0.2) is 9.07 Å². The topological polar surface area (TPSA) is 50.2 Å². The van der Waals surface area contributed by atoms with Crippen LogP contribution in [0.3, 0.4) is 0 Å². The number of fused-ring (bicyclic) bond motifs is 1. The zero-order valence-electron chi connectivity index (χ0n) is 15.5. The summed E-state index contributed by atoms with van der Waals surface area (Å²) in [6.07, 6.45) is 2.34. The van der Waals surface area contributed by atoms with Crippen LogP contribution < -0.4 is 5.32 Å². The van der Waals surface area contributed by atoms with Crippen LogP contribution in [0, 0.1) is 12.7 Å². The molecule has 0 bridgehead atoms. The Morgan fingerprint density at radius 3 is 2.89 bits per heavy atom. The smallest absolute Gasteiger partial charge is 0.261 e. The molecule has 4 rings (SSSR count). The molecule has 1 unspecified atom stereocenters. The van der Waals surface area contributed by atoms with E-state index in [2.05, 4.69) is 22.2 Å². The summed E-state index contributed by atoms with van der Waals surface area (Å²) in [6.45, 7) is 6.91. The van der Waals surface area contributed by atoms with Crippen molar-refractivity contribution in [2.75, 3.05) is 19.6 Å². The molecule has 1 N–H and O–H groups in total. The molecule has 1 atom stereocenters. The normalized spacial score (nSPS) is 17.7. The fraction of sp³-hybridized carbons (Fsp3) is 0.400. The number of aryl methyl sites for hydroxylation is 1. The third-order valence-corrected chi connectivity index (χ3v) is 6.35. The number of hydrogen-bond donors (Lipinski definition) is 1. The van der Waals surface area contributed by atoms with Gasteiger partial charge in [0.2, 0.25) is 0 Å². The van der Waals surface area contributed by atoms with Crippen molar-refractivity contribution in [3.8, 4) is 5.69 Å². The van der Waals surface area contributed by atoms with Crippen LogP contribution in [0.5, 0.6) is 0 Å². The molecule has 1 amide bonds. The van der Waals surface area contributed by atoms with Crippen LogP contribution in [0.25, 0.3) is 15.9 Å². The van der Waals surface area contributed by atoms with Gasteiger partial charge in [0.1, 0.15) is 10.6 Å². The third kappa shape index (κ3) is 3.49. The first-order valence-corrected chi connectivity index (χ1v) is 10.2. The number of nitrogens with zero attached hydrogens (tertiary/aromatic N) is 3. The Morgan fingerprint density at radius 1 is 1.37 bits per heavy atom. The highest BCUT2D eigenvalue weighted by molar-refractivity contribution is 7.20. The fourth-order valence-electron chi connectivity index (χ4n) is 3.76. The number of aromatic nitrogens is 2. The largest absolute Gasteiger partial charge is 0.350 e. The maximum Gasteiger partial charge on any atom is 0.261 e. The molecule has 3 heterocycles. The zero-order chi connectivity index (χ0) is 19.0. The zero-order valence-corrected chi connectivity index (χ0v) is 16.4. The molecular formula is C20H23FN4OS. The van der Waals surface area contributed by atoms with Gasteiger partial charge >= 0.3 is 0 Å². The molecule has 1 aliphatic heterocycles. The summed E-state index contributed by atoms with van der Waals surface area (Å²) in [5.74, 6) is -0.317. The van der Waals surface area contributed by atoms with Crippen LogP contribution in [0.1, 0.15) is 35.1 Å². The first-order chi connectivity index (χ1) is 13.1. The lowest BCUT2D eigenvalue weighted by atomic mass is 10.2. The number of likely N-dealkylation sites (N-methyl/N-ethyl adjacent to an activating group) is 1. The number of nitrogens with one attached hydrogen (secondary N) is 1. The standard InChI is InChI=1S/C20H23FN4OS/c1-3-24-10-4-5-16(24)12-22-19(26)18-11-17-13(2)23-25(20(17)27-18)15-8-6-14(21)7-9-15/h6-9,11,16H,3-5,10,12H2,1-2H3,(H,22,26). The van der Waals surface area contributed by atoms with E-state index in [4.69, 9.17) is 0 Å². The van der Waals surface area contributed by atoms with Crippen molar-refractivity contribution in [2.24, 2.45) is 0 Å². The maximum atomic E-state index is 13.2. The van der Waals surface area contributed by atoms with Crippen molar-refractivity contribution < 1.29 is 9.18 Å². The molecule has 0 spiro atoms. The van der Waals surface area contributed by atoms with Crippen LogP contribution in [-0.2, 0) is 0 Å². The summed E-state index contributed by atoms with van der Waals surface area (Å²) < 4.78 is 15.0. The molecule has 1 aromatic carbocycles. The Balaban J connectivity index is 1.55. The van der Waals surface area contributed by atoms with E-state index >= 15 is 0 Å². The molecule has 7 heteroatoms. The molecular weight excluding hydrogens is 363 g/mol. The van der Waals surface area contributed by atoms with E-state index in [9.17, 15) is 9.18 Å². The van der Waals surface area contributed by atoms with Crippen LogP contribution in [0.2, 0.25) is 0 Å². The molecule has 0 radical (unpaired) electrons. The number of amides is 1. The number of carbonyl (C=O) groups excluding carboxylic acids is 1. The fourth-order valence-corrected chi connectivity index (χ4v) is 4.86. The third-order valence-electron chi connectivity index (χ3n) is 5.24. The minimum Gasteiger partial charge on any atom is -0.350 e. The van der Waals surface area contributed by atoms with Crippen molar-refractivity contribution in [1.29, 1.82) is 0 Å². The summed E-state index contributed by atoms with van der Waals surface area (Å²) in [7, 11) is 0. The molecule has 1 saturated heterocycles. The number of likely N-dealkylation sites (tertiary alicyclic amines) is 1. The van der Waals surface area contributed by atoms with Gasteiger partial charge in [-0.1, -0.05) is 6.92 Å². The van der Waals surface area contributed by atoms with Crippen molar-refractivity contribution in [3.05, 3.63) is 46.7 Å². The molecule has 27 heavy (non-hydrogen) atoms. The highest BCUT2D eigenvalue weighted by Gasteiger charge is 2.24. The number of benzene rings is 1. The van der Waals surface area contributed by atoms with Crippen molar-refractivity contribution >= 4 is 27.5 Å². The Morgan fingerprint density at radius 2 is 2.15 bits per heavy atom. The first kappa shape index (κ1) is 18.1. The second kappa shape index (κ2) is 7.40. The van der Waals surface area contributed by atoms with Gasteiger partial charge in [0.25, 0.3) is 5.91 Å². The number of thiophene rings is 1. The average Bonchev–Trinajstić information content (AvgIpc) is 3.37. The van der Waals surface area contributed by atoms with Crippen molar-refractivity contribution in [3.63, 3.8) is 0 Å². The van der Waals surface area contributed by atoms with Crippen LogP contribution in [-0.4, -0.2) is 46.3 Å². The quantitative estimate of drug-likeness (QED) is 0.727. The lowest BCUT2D eigenvalue weighted by Gasteiger charge is -2.22. The number of halogens is 1. The lowest BCUT2D eigenvalue weighted by Crippen LogP contribution is -2.39. The summed E-state index contributed by atoms with van der Waals surface area (Å²) in [5.41, 5.74) is 1.64. The Labute approximate surface area is 161 Å². The van der Waals surface area contributed by atoms with Crippen molar-refractivity contribution in [1.82, 2.24) is 20.0 Å². The Kier molecular flexibility index (Phi) is 4.97. The number of hydrogen-bond acceptors (Lipinski definition) is 4. The molecule has 2 aromatic heterocycles. The number of rotatable bonds is 5. The van der Waals surface area contributed by atoms with E-state index in [0.29, 0.717) is 17.5 Å². The van der Waals surface area contributed by atoms with Crippen LogP contribution in [0.15, 0.2) is 30.3 Å². The summed E-state index contributed by atoms with van der Waals surface area (Å²) in [4.78, 5) is 16.7. The predicted molar refractivity (Wildman–Crippen MR) is 106 cm³/mol. The van der Waals surface area contributed by atoms with E-state index in [0.717, 1.165) is 41.1 Å². The van der Waals surface area contributed by atoms with E-state index in [1.54, 1.807) is 16.8 Å². The molecule has 5 nitrogen and oxygen atoms in total. The van der Waals surface area contributed by atoms with E-state index in [1.165, 1.54) is 29.9 Å². The minimum absolute atomic E-state index is 0.0378. The molecule has 1 fully saturated rings. The van der Waals surface area contributed by atoms with Crippen LogP contribution >= 0.6 is 11.3 Å². The maximum absolute atomic E-state index is 13.2. The summed E-state index contributed by atoms with van der Waals surface area (Å²) in [6, 6.07) is 8.57. The summed E-state index contributed by atoms with van der Waals surface area (Å²) >= 11 is 1.42. The molecule has 0 aliphatic carbocycles. The second-order valence-corrected chi connectivity index (χ2v) is 7.97. The minimum atomic E-state index is -0.279. The number of carbonyl (C=O) groups is 1. The van der Waals surface area contributed by atoms with Gasteiger partial charge in [-0.3, -0.25) is 9.69 Å². The second-order valence-electron chi connectivity index (χ2n) is 6.94. The Hall–Kier alpha value is -2.25. The first-order valence-electron chi connectivity index (χ1n) is 9.34. The van der Waals surface area contributed by atoms with Gasteiger partial charge < -0.3 is 5.32 Å². The van der Waals surface area contributed by atoms with Gasteiger partial charge in [0, 0.05) is 18.0 Å².